The van der Waals surface area contributed by atoms with Crippen LogP contribution in [0.4, 0.5) is 5.69 Å². The van der Waals surface area contributed by atoms with Gasteiger partial charge in [-0.05, 0) is 36.2 Å². The molecular formula is C23H20N4O5S2. The van der Waals surface area contributed by atoms with E-state index in [2.05, 4.69) is 18.8 Å². The standard InChI is InChI=1S/C23H20N4O5S2/c28-23(24-16-9-10-19-20(14-16)32-12-11-31-19)18(13-15-5-2-1-3-6-15)27-34(29,30)21-8-4-7-17-22(21)26-33-25-17/h1-10,14,18,27H,11-13H2,(H,24,28). The van der Waals surface area contributed by atoms with E-state index in [9.17, 15) is 13.2 Å². The highest BCUT2D eigenvalue weighted by Crippen LogP contribution is 2.32. The summed E-state index contributed by atoms with van der Waals surface area (Å²) < 4.78 is 48.5. The Morgan fingerprint density at radius 1 is 0.971 bits per heavy atom. The number of hydrogen-bond donors (Lipinski definition) is 2. The molecule has 0 spiro atoms. The number of fused-ring (bicyclic) bond motifs is 2. The first kappa shape index (κ1) is 22.3. The number of rotatable bonds is 7. The Hall–Kier alpha value is -3.54. The number of sulfonamides is 1. The van der Waals surface area contributed by atoms with Gasteiger partial charge in [0.15, 0.2) is 11.5 Å². The van der Waals surface area contributed by atoms with Crippen molar-refractivity contribution >= 4 is 44.4 Å². The summed E-state index contributed by atoms with van der Waals surface area (Å²) in [6, 6.07) is 17.9. The Labute approximate surface area is 200 Å². The van der Waals surface area contributed by atoms with Crippen molar-refractivity contribution in [2.75, 3.05) is 18.5 Å². The van der Waals surface area contributed by atoms with E-state index in [1.165, 1.54) is 6.07 Å². The number of nitrogens with zero attached hydrogens (tertiary/aromatic N) is 2. The molecule has 0 saturated carbocycles. The Kier molecular flexibility index (Phi) is 6.14. The molecule has 11 heteroatoms. The topological polar surface area (TPSA) is 120 Å². The van der Waals surface area contributed by atoms with E-state index in [1.807, 2.05) is 30.3 Å². The smallest absolute Gasteiger partial charge is 0.243 e. The maximum Gasteiger partial charge on any atom is 0.243 e. The van der Waals surface area contributed by atoms with Crippen molar-refractivity contribution in [3.8, 4) is 11.5 Å². The molecule has 1 unspecified atom stereocenters. The molecule has 0 radical (unpaired) electrons. The van der Waals surface area contributed by atoms with Crippen LogP contribution >= 0.6 is 11.7 Å². The zero-order valence-corrected chi connectivity index (χ0v) is 19.4. The largest absolute Gasteiger partial charge is 0.486 e. The van der Waals surface area contributed by atoms with Gasteiger partial charge in [0.2, 0.25) is 15.9 Å². The normalized spacial score (nSPS) is 14.0. The zero-order valence-electron chi connectivity index (χ0n) is 17.8. The molecule has 5 rings (SSSR count). The number of benzene rings is 3. The molecule has 0 fully saturated rings. The van der Waals surface area contributed by atoms with E-state index in [0.29, 0.717) is 35.9 Å². The minimum absolute atomic E-state index is 0.0241. The van der Waals surface area contributed by atoms with Gasteiger partial charge in [0.25, 0.3) is 0 Å². The van der Waals surface area contributed by atoms with Crippen LogP contribution in [-0.4, -0.2) is 42.3 Å². The molecule has 1 aliphatic heterocycles. The summed E-state index contributed by atoms with van der Waals surface area (Å²) >= 11 is 0.930. The third-order valence-electron chi connectivity index (χ3n) is 5.24. The molecule has 2 heterocycles. The lowest BCUT2D eigenvalue weighted by Crippen LogP contribution is -2.45. The van der Waals surface area contributed by atoms with Gasteiger partial charge in [-0.1, -0.05) is 36.4 Å². The van der Waals surface area contributed by atoms with Crippen molar-refractivity contribution < 1.29 is 22.7 Å². The molecule has 34 heavy (non-hydrogen) atoms. The first-order valence-corrected chi connectivity index (χ1v) is 12.7. The van der Waals surface area contributed by atoms with Crippen LogP contribution < -0.4 is 19.5 Å². The van der Waals surface area contributed by atoms with Crippen molar-refractivity contribution in [3.63, 3.8) is 0 Å². The van der Waals surface area contributed by atoms with E-state index < -0.39 is 22.0 Å². The van der Waals surface area contributed by atoms with Gasteiger partial charge in [-0.3, -0.25) is 4.79 Å². The molecule has 0 saturated heterocycles. The molecule has 1 aliphatic rings. The quantitative estimate of drug-likeness (QED) is 0.404. The van der Waals surface area contributed by atoms with Gasteiger partial charge in [-0.25, -0.2) is 8.42 Å². The number of amides is 1. The number of ether oxygens (including phenoxy) is 2. The van der Waals surface area contributed by atoms with Gasteiger partial charge in [0.05, 0.1) is 11.7 Å². The van der Waals surface area contributed by atoms with Gasteiger partial charge in [-0.15, -0.1) is 0 Å². The molecule has 1 atom stereocenters. The summed E-state index contributed by atoms with van der Waals surface area (Å²) in [6.45, 7) is 0.874. The van der Waals surface area contributed by atoms with E-state index in [4.69, 9.17) is 9.47 Å². The third kappa shape index (κ3) is 4.72. The first-order valence-electron chi connectivity index (χ1n) is 10.5. The zero-order chi connectivity index (χ0) is 23.5. The molecule has 0 bridgehead atoms. The lowest BCUT2D eigenvalue weighted by atomic mass is 10.1. The highest BCUT2D eigenvalue weighted by atomic mass is 32.2. The van der Waals surface area contributed by atoms with E-state index >= 15 is 0 Å². The Morgan fingerprint density at radius 3 is 2.59 bits per heavy atom. The fourth-order valence-electron chi connectivity index (χ4n) is 3.64. The number of nitrogens with one attached hydrogen (secondary N) is 2. The van der Waals surface area contributed by atoms with Crippen molar-refractivity contribution in [2.24, 2.45) is 0 Å². The van der Waals surface area contributed by atoms with E-state index in [-0.39, 0.29) is 16.8 Å². The van der Waals surface area contributed by atoms with Crippen molar-refractivity contribution in [2.45, 2.75) is 17.4 Å². The molecule has 1 amide bonds. The van der Waals surface area contributed by atoms with Crippen molar-refractivity contribution in [1.82, 2.24) is 13.5 Å². The lowest BCUT2D eigenvalue weighted by Gasteiger charge is -2.21. The summed E-state index contributed by atoms with van der Waals surface area (Å²) in [7, 11) is -4.08. The highest BCUT2D eigenvalue weighted by molar-refractivity contribution is 7.89. The SMILES string of the molecule is O=C(Nc1ccc2c(c1)OCCO2)C(Cc1ccccc1)NS(=O)(=O)c1cccc2nsnc12. The number of carbonyl (C=O) groups is 1. The van der Waals surface area contributed by atoms with Gasteiger partial charge in [0, 0.05) is 11.8 Å². The number of anilines is 1. The summed E-state index contributed by atoms with van der Waals surface area (Å²) in [5.74, 6) is 0.607. The van der Waals surface area contributed by atoms with Crippen LogP contribution in [0, 0.1) is 0 Å². The average molecular weight is 497 g/mol. The monoisotopic (exact) mass is 496 g/mol. The van der Waals surface area contributed by atoms with Crippen LogP contribution in [0.1, 0.15) is 5.56 Å². The number of hydrogen-bond acceptors (Lipinski definition) is 8. The van der Waals surface area contributed by atoms with Crippen molar-refractivity contribution in [3.05, 3.63) is 72.3 Å². The minimum Gasteiger partial charge on any atom is -0.486 e. The molecule has 0 aliphatic carbocycles. The van der Waals surface area contributed by atoms with Crippen LogP contribution in [0.25, 0.3) is 11.0 Å². The van der Waals surface area contributed by atoms with Crippen LogP contribution in [-0.2, 0) is 21.2 Å². The highest BCUT2D eigenvalue weighted by Gasteiger charge is 2.28. The maximum absolute atomic E-state index is 13.3. The Morgan fingerprint density at radius 2 is 1.76 bits per heavy atom. The average Bonchev–Trinajstić information content (AvgIpc) is 3.33. The van der Waals surface area contributed by atoms with Gasteiger partial charge < -0.3 is 14.8 Å². The van der Waals surface area contributed by atoms with Crippen LogP contribution in [0.2, 0.25) is 0 Å². The molecule has 1 aromatic heterocycles. The van der Waals surface area contributed by atoms with Crippen LogP contribution in [0.15, 0.2) is 71.6 Å². The third-order valence-corrected chi connectivity index (χ3v) is 7.29. The van der Waals surface area contributed by atoms with Gasteiger partial charge >= 0.3 is 0 Å². The molecule has 3 aromatic carbocycles. The maximum atomic E-state index is 13.3. The molecular weight excluding hydrogens is 476 g/mol. The Bertz CT molecular complexity index is 1440. The molecule has 174 valence electrons. The minimum atomic E-state index is -4.08. The predicted octanol–water partition coefficient (Wildman–Crippen LogP) is 2.99. The molecule has 9 nitrogen and oxygen atoms in total. The lowest BCUT2D eigenvalue weighted by molar-refractivity contribution is -0.117. The summed E-state index contributed by atoms with van der Waals surface area (Å²) in [6.07, 6.45) is 0.155. The van der Waals surface area contributed by atoms with Crippen LogP contribution in [0.3, 0.4) is 0 Å². The summed E-state index contributed by atoms with van der Waals surface area (Å²) in [5.41, 5.74) is 2.03. The fraction of sp³-hybridized carbons (Fsp3) is 0.174. The summed E-state index contributed by atoms with van der Waals surface area (Å²) in [5, 5.41) is 2.79. The van der Waals surface area contributed by atoms with Gasteiger partial charge in [-0.2, -0.15) is 13.5 Å². The summed E-state index contributed by atoms with van der Waals surface area (Å²) in [4.78, 5) is 13.2. The fourth-order valence-corrected chi connectivity index (χ4v) is 5.60. The second kappa shape index (κ2) is 9.37. The van der Waals surface area contributed by atoms with Gasteiger partial charge in [0.1, 0.15) is 35.2 Å². The number of aromatic nitrogens is 2. The van der Waals surface area contributed by atoms with Crippen molar-refractivity contribution in [1.29, 1.82) is 0 Å². The van der Waals surface area contributed by atoms with E-state index in [1.54, 1.807) is 30.3 Å². The molecule has 4 aromatic rings. The molecule has 2 N–H and O–H groups in total. The van der Waals surface area contributed by atoms with E-state index in [0.717, 1.165) is 17.3 Å². The predicted molar refractivity (Wildman–Crippen MR) is 128 cm³/mol. The second-order valence-corrected chi connectivity index (χ2v) is 9.81. The van der Waals surface area contributed by atoms with Crippen LogP contribution in [0.5, 0.6) is 11.5 Å². The first-order chi connectivity index (χ1) is 16.5. The Balaban J connectivity index is 1.43. The number of carbonyl (C=O) groups excluding carboxylic acids is 1. The second-order valence-electron chi connectivity index (χ2n) is 7.60.